The first-order valence-electron chi connectivity index (χ1n) is 5.22. The van der Waals surface area contributed by atoms with Gasteiger partial charge >= 0.3 is 11.9 Å². The van der Waals surface area contributed by atoms with Crippen molar-refractivity contribution in [3.8, 4) is 0 Å². The van der Waals surface area contributed by atoms with Crippen LogP contribution < -0.4 is 5.32 Å². The summed E-state index contributed by atoms with van der Waals surface area (Å²) in [6.45, 7) is 1.10. The molecule has 92 valence electrons. The molecule has 0 bridgehead atoms. The van der Waals surface area contributed by atoms with Gasteiger partial charge in [0.15, 0.2) is 0 Å². The van der Waals surface area contributed by atoms with Crippen LogP contribution in [-0.4, -0.2) is 32.1 Å². The quantitative estimate of drug-likeness (QED) is 0.460. The summed E-state index contributed by atoms with van der Waals surface area (Å²) in [6.07, 6.45) is 0. The Labute approximate surface area is 99.7 Å². The monoisotopic (exact) mass is 237 g/mol. The van der Waals surface area contributed by atoms with Gasteiger partial charge in [0.2, 0.25) is 0 Å². The van der Waals surface area contributed by atoms with Crippen LogP contribution in [0.5, 0.6) is 0 Å². The molecule has 0 spiro atoms. The topological polar surface area (TPSA) is 64.6 Å². The fraction of sp³-hybridized carbons (Fsp3) is 0.333. The molecule has 5 nitrogen and oxygen atoms in total. The van der Waals surface area contributed by atoms with Crippen LogP contribution in [0.1, 0.15) is 5.56 Å². The van der Waals surface area contributed by atoms with Gasteiger partial charge in [-0.25, -0.2) is 4.79 Å². The number of methoxy groups -OCH3 is 1. The summed E-state index contributed by atoms with van der Waals surface area (Å²) in [4.78, 5) is 21.7. The minimum absolute atomic E-state index is 0.279. The second kappa shape index (κ2) is 7.40. The minimum atomic E-state index is -0.895. The van der Waals surface area contributed by atoms with Crippen LogP contribution in [0, 0.1) is 0 Å². The van der Waals surface area contributed by atoms with E-state index in [2.05, 4.69) is 10.1 Å². The number of rotatable bonds is 5. The predicted octanol–water partition coefficient (Wildman–Crippen LogP) is 0.492. The lowest BCUT2D eigenvalue weighted by molar-refractivity contribution is -0.152. The highest BCUT2D eigenvalue weighted by molar-refractivity contribution is 6.32. The maximum Gasteiger partial charge on any atom is 0.396 e. The van der Waals surface area contributed by atoms with E-state index in [1.165, 1.54) is 0 Å². The van der Waals surface area contributed by atoms with E-state index in [0.717, 1.165) is 12.7 Å². The largest absolute Gasteiger partial charge is 0.462 e. The van der Waals surface area contributed by atoms with E-state index >= 15 is 0 Å². The molecular weight excluding hydrogens is 222 g/mol. The first-order valence-corrected chi connectivity index (χ1v) is 5.22. The van der Waals surface area contributed by atoms with E-state index in [9.17, 15) is 9.59 Å². The van der Waals surface area contributed by atoms with E-state index in [1.54, 1.807) is 0 Å². The van der Waals surface area contributed by atoms with Gasteiger partial charge in [0.1, 0.15) is 0 Å². The third-order valence-corrected chi connectivity index (χ3v) is 2.01. The van der Waals surface area contributed by atoms with Crippen LogP contribution >= 0.6 is 0 Å². The van der Waals surface area contributed by atoms with Gasteiger partial charge in [-0.15, -0.1) is 0 Å². The fourth-order valence-corrected chi connectivity index (χ4v) is 1.17. The zero-order chi connectivity index (χ0) is 12.5. The van der Waals surface area contributed by atoms with Gasteiger partial charge in [-0.1, -0.05) is 30.3 Å². The molecule has 0 saturated heterocycles. The molecule has 0 atom stereocenters. The highest BCUT2D eigenvalue weighted by Gasteiger charge is 2.11. The molecule has 0 fully saturated rings. The lowest BCUT2D eigenvalue weighted by atomic mass is 10.2. The molecule has 0 aromatic heterocycles. The van der Waals surface area contributed by atoms with Crippen molar-refractivity contribution < 1.29 is 19.1 Å². The molecule has 0 radical (unpaired) electrons. The Bertz CT molecular complexity index is 364. The maximum atomic E-state index is 11.0. The molecule has 0 aliphatic rings. The molecule has 1 rings (SSSR count). The molecule has 1 aromatic carbocycles. The fourth-order valence-electron chi connectivity index (χ4n) is 1.17. The second-order valence-electron chi connectivity index (χ2n) is 3.29. The average Bonchev–Trinajstić information content (AvgIpc) is 2.38. The van der Waals surface area contributed by atoms with Crippen molar-refractivity contribution in [1.29, 1.82) is 0 Å². The van der Waals surface area contributed by atoms with E-state index in [4.69, 9.17) is 4.74 Å². The third-order valence-electron chi connectivity index (χ3n) is 2.01. The molecule has 0 aliphatic heterocycles. The first kappa shape index (κ1) is 13.2. The van der Waals surface area contributed by atoms with Crippen LogP contribution in [-0.2, 0) is 25.7 Å². The normalized spacial score (nSPS) is 9.71. The Hall–Kier alpha value is -1.88. The van der Waals surface area contributed by atoms with Crippen molar-refractivity contribution in [2.75, 3.05) is 20.3 Å². The molecule has 5 heteroatoms. The summed E-state index contributed by atoms with van der Waals surface area (Å²) in [6, 6.07) is 9.69. The zero-order valence-electron chi connectivity index (χ0n) is 9.64. The molecular formula is C12H15NO4. The van der Waals surface area contributed by atoms with Gasteiger partial charge in [-0.05, 0) is 5.56 Å². The molecule has 17 heavy (non-hydrogen) atoms. The highest BCUT2D eigenvalue weighted by Crippen LogP contribution is 1.99. The average molecular weight is 237 g/mol. The lowest BCUT2D eigenvalue weighted by Crippen LogP contribution is -2.34. The summed E-state index contributed by atoms with van der Waals surface area (Å²) >= 11 is 0. The SMILES string of the molecule is COC(=O)C(=O)NCCOCc1ccccc1. The maximum absolute atomic E-state index is 11.0. The number of carbonyl (C=O) groups excluding carboxylic acids is 2. The third kappa shape index (κ3) is 5.12. The second-order valence-corrected chi connectivity index (χ2v) is 3.29. The van der Waals surface area contributed by atoms with Gasteiger partial charge in [-0.2, -0.15) is 0 Å². The number of ether oxygens (including phenoxy) is 2. The van der Waals surface area contributed by atoms with E-state index in [0.29, 0.717) is 13.2 Å². The van der Waals surface area contributed by atoms with Crippen molar-refractivity contribution in [2.45, 2.75) is 6.61 Å². The van der Waals surface area contributed by atoms with Crippen LogP contribution in [0.2, 0.25) is 0 Å². The standard InChI is InChI=1S/C12H15NO4/c1-16-12(15)11(14)13-7-8-17-9-10-5-3-2-4-6-10/h2-6H,7-9H2,1H3,(H,13,14). The van der Waals surface area contributed by atoms with Crippen molar-refractivity contribution in [1.82, 2.24) is 5.32 Å². The molecule has 1 amide bonds. The van der Waals surface area contributed by atoms with Gasteiger partial charge < -0.3 is 14.8 Å². The Balaban J connectivity index is 2.09. The zero-order valence-corrected chi connectivity index (χ0v) is 9.64. The van der Waals surface area contributed by atoms with Gasteiger partial charge in [0, 0.05) is 6.54 Å². The van der Waals surface area contributed by atoms with Crippen LogP contribution in [0.3, 0.4) is 0 Å². The first-order chi connectivity index (χ1) is 8.24. The number of hydrogen-bond acceptors (Lipinski definition) is 4. The Morgan fingerprint density at radius 2 is 1.94 bits per heavy atom. The van der Waals surface area contributed by atoms with Gasteiger partial charge in [0.05, 0.1) is 20.3 Å². The Morgan fingerprint density at radius 3 is 2.59 bits per heavy atom. The molecule has 1 aromatic rings. The minimum Gasteiger partial charge on any atom is -0.462 e. The van der Waals surface area contributed by atoms with Crippen LogP contribution in [0.4, 0.5) is 0 Å². The molecule has 1 N–H and O–H groups in total. The number of hydrogen-bond donors (Lipinski definition) is 1. The number of esters is 1. The molecule has 0 saturated carbocycles. The Morgan fingerprint density at radius 1 is 1.24 bits per heavy atom. The molecule has 0 aliphatic carbocycles. The highest BCUT2D eigenvalue weighted by atomic mass is 16.5. The van der Waals surface area contributed by atoms with Gasteiger partial charge in [-0.3, -0.25) is 4.79 Å². The van der Waals surface area contributed by atoms with Crippen LogP contribution in [0.15, 0.2) is 30.3 Å². The van der Waals surface area contributed by atoms with E-state index in [1.807, 2.05) is 30.3 Å². The molecule has 0 heterocycles. The predicted molar refractivity (Wildman–Crippen MR) is 61.1 cm³/mol. The Kier molecular flexibility index (Phi) is 5.74. The molecule has 0 unspecified atom stereocenters. The van der Waals surface area contributed by atoms with E-state index in [-0.39, 0.29) is 6.54 Å². The summed E-state index contributed by atoms with van der Waals surface area (Å²) < 4.78 is 9.56. The summed E-state index contributed by atoms with van der Waals surface area (Å²) in [5.41, 5.74) is 1.06. The summed E-state index contributed by atoms with van der Waals surface area (Å²) in [7, 11) is 1.16. The lowest BCUT2D eigenvalue weighted by Gasteiger charge is -2.05. The number of amides is 1. The number of carbonyl (C=O) groups is 2. The smallest absolute Gasteiger partial charge is 0.396 e. The van der Waals surface area contributed by atoms with Crippen molar-refractivity contribution >= 4 is 11.9 Å². The summed E-state index contributed by atoms with van der Waals surface area (Å²) in [5, 5.41) is 2.38. The van der Waals surface area contributed by atoms with Crippen molar-refractivity contribution in [3.63, 3.8) is 0 Å². The summed E-state index contributed by atoms with van der Waals surface area (Å²) in [5.74, 6) is -1.65. The number of benzene rings is 1. The van der Waals surface area contributed by atoms with Gasteiger partial charge in [0.25, 0.3) is 0 Å². The number of nitrogens with one attached hydrogen (secondary N) is 1. The van der Waals surface area contributed by atoms with Crippen molar-refractivity contribution in [3.05, 3.63) is 35.9 Å². The van der Waals surface area contributed by atoms with E-state index < -0.39 is 11.9 Å². The van der Waals surface area contributed by atoms with Crippen molar-refractivity contribution in [2.24, 2.45) is 0 Å². The van der Waals surface area contributed by atoms with Crippen LogP contribution in [0.25, 0.3) is 0 Å².